The number of pyridine rings is 1. The third-order valence-corrected chi connectivity index (χ3v) is 3.55. The van der Waals surface area contributed by atoms with Crippen LogP contribution < -0.4 is 5.32 Å². The number of imidazole rings is 1. The van der Waals surface area contributed by atoms with Crippen molar-refractivity contribution in [1.29, 1.82) is 0 Å². The molecule has 0 saturated carbocycles. The molecule has 7 heteroatoms. The summed E-state index contributed by atoms with van der Waals surface area (Å²) in [4.78, 5) is 12.8. The second-order valence-corrected chi connectivity index (χ2v) is 4.98. The minimum absolute atomic E-state index is 0.246. The molecular formula is C13H9ClFN5. The van der Waals surface area contributed by atoms with E-state index in [-0.39, 0.29) is 11.9 Å². The van der Waals surface area contributed by atoms with Crippen LogP contribution in [0.15, 0.2) is 30.7 Å². The average Bonchev–Trinajstić information content (AvgIpc) is 3.18. The first-order valence-corrected chi connectivity index (χ1v) is 6.49. The van der Waals surface area contributed by atoms with Crippen molar-refractivity contribution in [2.75, 3.05) is 6.54 Å². The van der Waals surface area contributed by atoms with Crippen molar-refractivity contribution >= 4 is 17.2 Å². The average molecular weight is 290 g/mol. The molecule has 0 aliphatic carbocycles. The van der Waals surface area contributed by atoms with Gasteiger partial charge in [0.05, 0.1) is 6.20 Å². The molecule has 4 rings (SSSR count). The van der Waals surface area contributed by atoms with Crippen LogP contribution in [0, 0.1) is 5.82 Å². The second kappa shape index (κ2) is 4.22. The lowest BCUT2D eigenvalue weighted by atomic mass is 10.2. The predicted octanol–water partition coefficient (Wildman–Crippen LogP) is 2.23. The molecule has 1 atom stereocenters. The van der Waals surface area contributed by atoms with Gasteiger partial charge in [-0.05, 0) is 12.1 Å². The molecule has 1 saturated heterocycles. The molecule has 0 amide bonds. The van der Waals surface area contributed by atoms with E-state index in [1.807, 2.05) is 0 Å². The van der Waals surface area contributed by atoms with E-state index in [4.69, 9.17) is 11.6 Å². The van der Waals surface area contributed by atoms with E-state index in [0.29, 0.717) is 22.3 Å². The lowest BCUT2D eigenvalue weighted by Crippen LogP contribution is -1.98. The standard InChI is InChI=1S/C13H9ClFN5/c14-12-8(9-4-16-9)3-18-13(19-12)10-5-17-11-2-1-7(15)6-20(10)11/h1-3,5-6,9,16H,4H2. The molecule has 4 heterocycles. The van der Waals surface area contributed by atoms with Gasteiger partial charge in [-0.15, -0.1) is 0 Å². The fourth-order valence-electron chi connectivity index (χ4n) is 2.13. The Labute approximate surface area is 118 Å². The van der Waals surface area contributed by atoms with E-state index >= 15 is 0 Å². The topological polar surface area (TPSA) is 65.0 Å². The summed E-state index contributed by atoms with van der Waals surface area (Å²) in [6, 6.07) is 3.21. The van der Waals surface area contributed by atoms with Gasteiger partial charge in [0.15, 0.2) is 5.82 Å². The van der Waals surface area contributed by atoms with E-state index in [9.17, 15) is 4.39 Å². The van der Waals surface area contributed by atoms with Gasteiger partial charge in [-0.2, -0.15) is 0 Å². The molecule has 3 aromatic heterocycles. The molecule has 1 aliphatic heterocycles. The van der Waals surface area contributed by atoms with Crippen molar-refractivity contribution in [2.24, 2.45) is 0 Å². The van der Waals surface area contributed by atoms with Crippen molar-refractivity contribution in [1.82, 2.24) is 24.7 Å². The van der Waals surface area contributed by atoms with Gasteiger partial charge < -0.3 is 5.32 Å². The maximum absolute atomic E-state index is 13.3. The Kier molecular flexibility index (Phi) is 2.48. The Balaban J connectivity index is 1.86. The molecule has 1 aliphatic rings. The Bertz CT molecular complexity index is 812. The van der Waals surface area contributed by atoms with Crippen LogP contribution in [0.2, 0.25) is 5.15 Å². The maximum atomic E-state index is 13.3. The number of nitrogens with zero attached hydrogens (tertiary/aromatic N) is 4. The van der Waals surface area contributed by atoms with Gasteiger partial charge in [0.25, 0.3) is 0 Å². The third kappa shape index (κ3) is 1.85. The second-order valence-electron chi connectivity index (χ2n) is 4.62. The highest BCUT2D eigenvalue weighted by atomic mass is 35.5. The van der Waals surface area contributed by atoms with E-state index in [0.717, 1.165) is 12.1 Å². The normalized spacial score (nSPS) is 17.6. The molecule has 3 aromatic rings. The largest absolute Gasteiger partial charge is 0.307 e. The summed E-state index contributed by atoms with van der Waals surface area (Å²) in [7, 11) is 0. The number of halogens is 2. The summed E-state index contributed by atoms with van der Waals surface area (Å²) in [6.07, 6.45) is 4.66. The van der Waals surface area contributed by atoms with Crippen LogP contribution in [0.4, 0.5) is 4.39 Å². The summed E-state index contributed by atoms with van der Waals surface area (Å²) in [5, 5.41) is 3.56. The highest BCUT2D eigenvalue weighted by Gasteiger charge is 2.26. The van der Waals surface area contributed by atoms with Crippen LogP contribution in [-0.4, -0.2) is 25.9 Å². The van der Waals surface area contributed by atoms with Crippen molar-refractivity contribution in [3.05, 3.63) is 47.3 Å². The minimum atomic E-state index is -0.346. The van der Waals surface area contributed by atoms with E-state index in [1.54, 1.807) is 22.9 Å². The fourth-order valence-corrected chi connectivity index (χ4v) is 2.39. The Morgan fingerprint density at radius 3 is 2.90 bits per heavy atom. The summed E-state index contributed by atoms with van der Waals surface area (Å²) in [5.41, 5.74) is 2.13. The first kappa shape index (κ1) is 11.7. The van der Waals surface area contributed by atoms with Crippen LogP contribution >= 0.6 is 11.6 Å². The molecule has 0 aromatic carbocycles. The lowest BCUT2D eigenvalue weighted by molar-refractivity contribution is 0.619. The van der Waals surface area contributed by atoms with Crippen LogP contribution in [-0.2, 0) is 0 Å². The van der Waals surface area contributed by atoms with Crippen molar-refractivity contribution in [2.45, 2.75) is 6.04 Å². The van der Waals surface area contributed by atoms with Gasteiger partial charge >= 0.3 is 0 Å². The van der Waals surface area contributed by atoms with Gasteiger partial charge in [0.1, 0.15) is 22.3 Å². The first-order chi connectivity index (χ1) is 9.72. The third-order valence-electron chi connectivity index (χ3n) is 3.25. The van der Waals surface area contributed by atoms with Crippen LogP contribution in [0.1, 0.15) is 11.6 Å². The zero-order chi connectivity index (χ0) is 13.7. The predicted molar refractivity (Wildman–Crippen MR) is 71.9 cm³/mol. The molecule has 1 fully saturated rings. The van der Waals surface area contributed by atoms with Gasteiger partial charge in [-0.1, -0.05) is 11.6 Å². The van der Waals surface area contributed by atoms with E-state index < -0.39 is 0 Å². The number of rotatable bonds is 2. The maximum Gasteiger partial charge on any atom is 0.179 e. The number of hydrogen-bond donors (Lipinski definition) is 1. The van der Waals surface area contributed by atoms with Gasteiger partial charge in [0, 0.05) is 30.5 Å². The molecule has 0 spiro atoms. The number of nitrogens with one attached hydrogen (secondary N) is 1. The molecule has 100 valence electrons. The van der Waals surface area contributed by atoms with Crippen molar-refractivity contribution in [3.8, 4) is 11.5 Å². The SMILES string of the molecule is Fc1ccc2ncc(-c3ncc(C4CN4)c(Cl)n3)n2c1. The Morgan fingerprint density at radius 2 is 2.15 bits per heavy atom. The molecule has 1 N–H and O–H groups in total. The van der Waals surface area contributed by atoms with Gasteiger partial charge in [-0.3, -0.25) is 4.40 Å². The fraction of sp³-hybridized carbons (Fsp3) is 0.154. The summed E-state index contributed by atoms with van der Waals surface area (Å²) in [5.74, 6) is 0.0825. The van der Waals surface area contributed by atoms with Crippen molar-refractivity contribution < 1.29 is 4.39 Å². The smallest absolute Gasteiger partial charge is 0.179 e. The van der Waals surface area contributed by atoms with E-state index in [2.05, 4.69) is 20.3 Å². The Morgan fingerprint density at radius 1 is 1.30 bits per heavy atom. The Hall–Kier alpha value is -2.05. The van der Waals surface area contributed by atoms with Crippen LogP contribution in [0.3, 0.4) is 0 Å². The van der Waals surface area contributed by atoms with Gasteiger partial charge in [-0.25, -0.2) is 19.3 Å². The quantitative estimate of drug-likeness (QED) is 0.580. The number of aromatic nitrogens is 4. The number of fused-ring (bicyclic) bond motifs is 1. The van der Waals surface area contributed by atoms with E-state index in [1.165, 1.54) is 12.3 Å². The highest BCUT2D eigenvalue weighted by molar-refractivity contribution is 6.30. The molecular weight excluding hydrogens is 281 g/mol. The van der Waals surface area contributed by atoms with Crippen molar-refractivity contribution in [3.63, 3.8) is 0 Å². The zero-order valence-corrected chi connectivity index (χ0v) is 11.0. The van der Waals surface area contributed by atoms with Crippen LogP contribution in [0.5, 0.6) is 0 Å². The van der Waals surface area contributed by atoms with Crippen LogP contribution in [0.25, 0.3) is 17.2 Å². The lowest BCUT2D eigenvalue weighted by Gasteiger charge is -2.04. The molecule has 0 radical (unpaired) electrons. The zero-order valence-electron chi connectivity index (χ0n) is 10.2. The molecule has 0 bridgehead atoms. The summed E-state index contributed by atoms with van der Waals surface area (Å²) < 4.78 is 15.0. The molecule has 20 heavy (non-hydrogen) atoms. The number of hydrogen-bond acceptors (Lipinski definition) is 4. The monoisotopic (exact) mass is 289 g/mol. The first-order valence-electron chi connectivity index (χ1n) is 6.11. The van der Waals surface area contributed by atoms with Gasteiger partial charge in [0.2, 0.25) is 0 Å². The minimum Gasteiger partial charge on any atom is -0.307 e. The summed E-state index contributed by atoms with van der Waals surface area (Å²) in [6.45, 7) is 0.892. The molecule has 5 nitrogen and oxygen atoms in total. The highest BCUT2D eigenvalue weighted by Crippen LogP contribution is 2.28. The summed E-state index contributed by atoms with van der Waals surface area (Å²) >= 11 is 6.17. The molecule has 1 unspecified atom stereocenters.